The second kappa shape index (κ2) is 8.37. The highest BCUT2D eigenvalue weighted by Crippen LogP contribution is 2.24. The van der Waals surface area contributed by atoms with Gasteiger partial charge in [-0.3, -0.25) is 9.89 Å². The zero-order valence-corrected chi connectivity index (χ0v) is 16.4. The van der Waals surface area contributed by atoms with Crippen LogP contribution in [0, 0.1) is 0 Å². The molecule has 26 heavy (non-hydrogen) atoms. The third-order valence-electron chi connectivity index (χ3n) is 5.38. The lowest BCUT2D eigenvalue weighted by Gasteiger charge is -2.36. The van der Waals surface area contributed by atoms with Crippen molar-refractivity contribution in [2.24, 2.45) is 4.99 Å². The third kappa shape index (κ3) is 4.55. The predicted octanol–water partition coefficient (Wildman–Crippen LogP) is 1.57. The lowest BCUT2D eigenvalue weighted by Crippen LogP contribution is -2.50. The van der Waals surface area contributed by atoms with Crippen molar-refractivity contribution in [2.75, 3.05) is 46.9 Å². The molecule has 2 unspecified atom stereocenters. The number of ether oxygens (including phenoxy) is 2. The van der Waals surface area contributed by atoms with Gasteiger partial charge >= 0.3 is 0 Å². The standard InChI is InChI=1S/C20H32N4O2/c1-20(2,25-4)15-22-19(21-3)24-13-17-18(14-24)26-11-10-23(17)12-16-8-6-5-7-9-16/h5-9,17-18H,10-15H2,1-4H3,(H,21,22). The molecule has 0 aromatic heterocycles. The molecule has 0 spiro atoms. The number of aliphatic imine (C=N–C) groups is 1. The van der Waals surface area contributed by atoms with E-state index in [2.05, 4.69) is 64.3 Å². The van der Waals surface area contributed by atoms with Gasteiger partial charge in [0.1, 0.15) is 0 Å². The highest BCUT2D eigenvalue weighted by Gasteiger charge is 2.41. The minimum atomic E-state index is -0.224. The monoisotopic (exact) mass is 360 g/mol. The summed E-state index contributed by atoms with van der Waals surface area (Å²) in [4.78, 5) is 9.34. The summed E-state index contributed by atoms with van der Waals surface area (Å²) in [6, 6.07) is 11.1. The van der Waals surface area contributed by atoms with Gasteiger partial charge in [-0.05, 0) is 19.4 Å². The SMILES string of the molecule is CN=C(NCC(C)(C)OC)N1CC2OCCN(Cc3ccccc3)C2C1. The van der Waals surface area contributed by atoms with E-state index in [4.69, 9.17) is 9.47 Å². The second-order valence-corrected chi connectivity index (χ2v) is 7.70. The lowest BCUT2D eigenvalue weighted by atomic mass is 10.1. The van der Waals surface area contributed by atoms with Crippen LogP contribution in [-0.4, -0.2) is 80.4 Å². The Morgan fingerprint density at radius 3 is 2.77 bits per heavy atom. The van der Waals surface area contributed by atoms with Gasteiger partial charge in [0, 0.05) is 46.9 Å². The van der Waals surface area contributed by atoms with Crippen molar-refractivity contribution in [1.29, 1.82) is 0 Å². The van der Waals surface area contributed by atoms with Crippen molar-refractivity contribution in [1.82, 2.24) is 15.1 Å². The van der Waals surface area contributed by atoms with Gasteiger partial charge in [0.2, 0.25) is 0 Å². The smallest absolute Gasteiger partial charge is 0.193 e. The quantitative estimate of drug-likeness (QED) is 0.638. The van der Waals surface area contributed by atoms with E-state index in [0.717, 1.165) is 45.3 Å². The number of nitrogens with one attached hydrogen (secondary N) is 1. The molecule has 3 rings (SSSR count). The number of rotatable bonds is 5. The topological polar surface area (TPSA) is 49.3 Å². The molecule has 6 heteroatoms. The molecule has 6 nitrogen and oxygen atoms in total. The van der Waals surface area contributed by atoms with E-state index >= 15 is 0 Å². The summed E-state index contributed by atoms with van der Waals surface area (Å²) in [5.41, 5.74) is 1.13. The Hall–Kier alpha value is -1.63. The van der Waals surface area contributed by atoms with Crippen LogP contribution in [0.1, 0.15) is 19.4 Å². The van der Waals surface area contributed by atoms with Crippen LogP contribution < -0.4 is 5.32 Å². The molecular formula is C20H32N4O2. The molecule has 2 aliphatic heterocycles. The third-order valence-corrected chi connectivity index (χ3v) is 5.38. The molecule has 2 aliphatic rings. The van der Waals surface area contributed by atoms with Crippen molar-refractivity contribution in [3.8, 4) is 0 Å². The second-order valence-electron chi connectivity index (χ2n) is 7.70. The number of benzene rings is 1. The number of morpholine rings is 1. The normalized spacial score (nSPS) is 24.6. The Morgan fingerprint density at radius 2 is 2.08 bits per heavy atom. The first-order chi connectivity index (χ1) is 12.5. The molecule has 2 saturated heterocycles. The highest BCUT2D eigenvalue weighted by atomic mass is 16.5. The summed E-state index contributed by atoms with van der Waals surface area (Å²) >= 11 is 0. The first-order valence-corrected chi connectivity index (χ1v) is 9.43. The van der Waals surface area contributed by atoms with Crippen molar-refractivity contribution >= 4 is 5.96 Å². The zero-order chi connectivity index (χ0) is 18.6. The van der Waals surface area contributed by atoms with E-state index in [1.807, 2.05) is 7.05 Å². The van der Waals surface area contributed by atoms with E-state index in [-0.39, 0.29) is 11.7 Å². The fraction of sp³-hybridized carbons (Fsp3) is 0.650. The van der Waals surface area contributed by atoms with Gasteiger partial charge in [-0.15, -0.1) is 0 Å². The number of guanidine groups is 1. The Labute approximate surface area is 157 Å². The molecule has 1 aromatic rings. The fourth-order valence-electron chi connectivity index (χ4n) is 3.64. The molecule has 0 bridgehead atoms. The van der Waals surface area contributed by atoms with Crippen molar-refractivity contribution < 1.29 is 9.47 Å². The van der Waals surface area contributed by atoms with Crippen LogP contribution in [0.25, 0.3) is 0 Å². The Balaban J connectivity index is 1.62. The van der Waals surface area contributed by atoms with Gasteiger partial charge in [-0.1, -0.05) is 30.3 Å². The average molecular weight is 361 g/mol. The van der Waals surface area contributed by atoms with Crippen molar-refractivity contribution in [3.05, 3.63) is 35.9 Å². The minimum absolute atomic E-state index is 0.224. The maximum Gasteiger partial charge on any atom is 0.193 e. The Morgan fingerprint density at radius 1 is 1.31 bits per heavy atom. The lowest BCUT2D eigenvalue weighted by molar-refractivity contribution is -0.0502. The number of hydrogen-bond donors (Lipinski definition) is 1. The maximum atomic E-state index is 6.07. The van der Waals surface area contributed by atoms with Gasteiger partial charge < -0.3 is 19.7 Å². The number of likely N-dealkylation sites (tertiary alicyclic amines) is 1. The van der Waals surface area contributed by atoms with Crippen LogP contribution in [-0.2, 0) is 16.0 Å². The predicted molar refractivity (Wildman–Crippen MR) is 104 cm³/mol. The summed E-state index contributed by atoms with van der Waals surface area (Å²) in [6.07, 6.45) is 0.237. The van der Waals surface area contributed by atoms with Crippen LogP contribution >= 0.6 is 0 Å². The summed E-state index contributed by atoms with van der Waals surface area (Å²) < 4.78 is 11.6. The van der Waals surface area contributed by atoms with Gasteiger partial charge in [0.25, 0.3) is 0 Å². The molecule has 0 saturated carbocycles. The van der Waals surface area contributed by atoms with E-state index < -0.39 is 0 Å². The minimum Gasteiger partial charge on any atom is -0.377 e. The zero-order valence-electron chi connectivity index (χ0n) is 16.4. The fourth-order valence-corrected chi connectivity index (χ4v) is 3.64. The molecule has 0 amide bonds. The summed E-state index contributed by atoms with van der Waals surface area (Å²) in [6.45, 7) is 9.42. The van der Waals surface area contributed by atoms with Gasteiger partial charge in [-0.2, -0.15) is 0 Å². The van der Waals surface area contributed by atoms with Crippen LogP contribution in [0.4, 0.5) is 0 Å². The van der Waals surface area contributed by atoms with Crippen LogP contribution in [0.2, 0.25) is 0 Å². The molecule has 144 valence electrons. The summed E-state index contributed by atoms with van der Waals surface area (Å²) in [7, 11) is 3.58. The van der Waals surface area contributed by atoms with E-state index in [1.54, 1.807) is 7.11 Å². The van der Waals surface area contributed by atoms with Gasteiger partial charge in [0.15, 0.2) is 5.96 Å². The number of nitrogens with zero attached hydrogens (tertiary/aromatic N) is 3. The maximum absolute atomic E-state index is 6.07. The van der Waals surface area contributed by atoms with Gasteiger partial charge in [-0.25, -0.2) is 0 Å². The van der Waals surface area contributed by atoms with Crippen LogP contribution in [0.5, 0.6) is 0 Å². The average Bonchev–Trinajstić information content (AvgIpc) is 3.08. The van der Waals surface area contributed by atoms with E-state index in [1.165, 1.54) is 5.56 Å². The molecule has 2 fully saturated rings. The summed E-state index contributed by atoms with van der Waals surface area (Å²) in [5, 5.41) is 3.45. The molecule has 0 radical (unpaired) electrons. The van der Waals surface area contributed by atoms with Gasteiger partial charge in [0.05, 0.1) is 24.4 Å². The van der Waals surface area contributed by atoms with Crippen molar-refractivity contribution in [2.45, 2.75) is 38.1 Å². The highest BCUT2D eigenvalue weighted by molar-refractivity contribution is 5.80. The molecule has 1 aromatic carbocycles. The first kappa shape index (κ1) is 19.1. The molecule has 0 aliphatic carbocycles. The Kier molecular flexibility index (Phi) is 6.16. The molecule has 2 heterocycles. The van der Waals surface area contributed by atoms with E-state index in [9.17, 15) is 0 Å². The number of fused-ring (bicyclic) bond motifs is 1. The summed E-state index contributed by atoms with van der Waals surface area (Å²) in [5.74, 6) is 0.924. The van der Waals surface area contributed by atoms with Crippen LogP contribution in [0.15, 0.2) is 35.3 Å². The van der Waals surface area contributed by atoms with E-state index in [0.29, 0.717) is 6.04 Å². The largest absolute Gasteiger partial charge is 0.377 e. The van der Waals surface area contributed by atoms with Crippen LogP contribution in [0.3, 0.4) is 0 Å². The molecular weight excluding hydrogens is 328 g/mol. The van der Waals surface area contributed by atoms with Crippen molar-refractivity contribution in [3.63, 3.8) is 0 Å². The molecule has 1 N–H and O–H groups in total. The number of hydrogen-bond acceptors (Lipinski definition) is 4. The Bertz CT molecular complexity index is 605. The first-order valence-electron chi connectivity index (χ1n) is 9.43. The number of methoxy groups -OCH3 is 1. The molecule has 2 atom stereocenters.